The number of piperazine rings is 1. The Labute approximate surface area is 167 Å². The third-order valence-electron chi connectivity index (χ3n) is 4.80. The Balaban J connectivity index is 1.76. The van der Waals surface area contributed by atoms with E-state index in [0.717, 1.165) is 0 Å². The second-order valence-electron chi connectivity index (χ2n) is 6.68. The summed E-state index contributed by atoms with van der Waals surface area (Å²) in [6.45, 7) is 2.91. The summed E-state index contributed by atoms with van der Waals surface area (Å²) in [6, 6.07) is 10.1. The molecule has 154 valence electrons. The van der Waals surface area contributed by atoms with Crippen LogP contribution in [0.15, 0.2) is 42.5 Å². The van der Waals surface area contributed by atoms with Gasteiger partial charge in [0.2, 0.25) is 11.7 Å². The Morgan fingerprint density at radius 3 is 2.45 bits per heavy atom. The van der Waals surface area contributed by atoms with Crippen molar-refractivity contribution in [1.82, 2.24) is 9.80 Å². The normalized spacial score (nSPS) is 14.6. The standard InChI is InChI=1S/C20H22FN3O5/c21-16-5-1-2-6-17(16)29-18-7-3-4-15(20(18)24(27)28)14-19(26)23-10-8-22(9-11-23)12-13-25/h1-7,25H,8-14H2. The Morgan fingerprint density at radius 1 is 1.10 bits per heavy atom. The van der Waals surface area contributed by atoms with Crippen LogP contribution >= 0.6 is 0 Å². The maximum absolute atomic E-state index is 13.9. The molecule has 1 aliphatic heterocycles. The molecular weight excluding hydrogens is 381 g/mol. The van der Waals surface area contributed by atoms with Gasteiger partial charge in [-0.15, -0.1) is 0 Å². The van der Waals surface area contributed by atoms with E-state index in [0.29, 0.717) is 32.7 Å². The van der Waals surface area contributed by atoms with Gasteiger partial charge >= 0.3 is 5.69 Å². The van der Waals surface area contributed by atoms with E-state index in [4.69, 9.17) is 9.84 Å². The largest absolute Gasteiger partial charge is 0.447 e. The van der Waals surface area contributed by atoms with Crippen molar-refractivity contribution in [2.24, 2.45) is 0 Å². The van der Waals surface area contributed by atoms with Crippen LogP contribution in [0.3, 0.4) is 0 Å². The number of halogens is 1. The number of carbonyl (C=O) groups is 1. The summed E-state index contributed by atoms with van der Waals surface area (Å²) in [5.74, 6) is -1.10. The monoisotopic (exact) mass is 403 g/mol. The van der Waals surface area contributed by atoms with Crippen molar-refractivity contribution in [3.8, 4) is 11.5 Å². The quantitative estimate of drug-likeness (QED) is 0.563. The number of β-amino-alcohol motifs (C(OH)–C–C–N with tert-alkyl or cyclic N) is 1. The van der Waals surface area contributed by atoms with E-state index < -0.39 is 10.7 Å². The van der Waals surface area contributed by atoms with Crippen LogP contribution in [0.1, 0.15) is 5.56 Å². The zero-order valence-corrected chi connectivity index (χ0v) is 15.8. The summed E-state index contributed by atoms with van der Waals surface area (Å²) >= 11 is 0. The first-order chi connectivity index (χ1) is 14.0. The molecule has 0 bridgehead atoms. The molecule has 1 heterocycles. The molecule has 1 amide bonds. The first-order valence-electron chi connectivity index (χ1n) is 9.29. The molecule has 0 aromatic heterocycles. The lowest BCUT2D eigenvalue weighted by Gasteiger charge is -2.34. The smallest absolute Gasteiger partial charge is 0.315 e. The molecule has 1 N–H and O–H groups in total. The van der Waals surface area contributed by atoms with E-state index in [9.17, 15) is 19.3 Å². The highest BCUT2D eigenvalue weighted by atomic mass is 19.1. The van der Waals surface area contributed by atoms with Crippen molar-refractivity contribution in [3.05, 3.63) is 64.0 Å². The fourth-order valence-electron chi connectivity index (χ4n) is 3.28. The molecule has 2 aromatic carbocycles. The van der Waals surface area contributed by atoms with Crippen LogP contribution in [-0.2, 0) is 11.2 Å². The van der Waals surface area contributed by atoms with Crippen molar-refractivity contribution in [2.45, 2.75) is 6.42 Å². The molecule has 0 aliphatic carbocycles. The molecule has 0 radical (unpaired) electrons. The fraction of sp³-hybridized carbons (Fsp3) is 0.350. The zero-order valence-electron chi connectivity index (χ0n) is 15.8. The molecule has 0 spiro atoms. The molecule has 0 unspecified atom stereocenters. The fourth-order valence-corrected chi connectivity index (χ4v) is 3.28. The van der Waals surface area contributed by atoms with Gasteiger partial charge in [-0.1, -0.05) is 24.3 Å². The molecule has 1 aliphatic rings. The van der Waals surface area contributed by atoms with Crippen molar-refractivity contribution < 1.29 is 24.0 Å². The number of rotatable bonds is 7. The van der Waals surface area contributed by atoms with E-state index in [1.807, 2.05) is 0 Å². The van der Waals surface area contributed by atoms with E-state index in [2.05, 4.69) is 4.90 Å². The third kappa shape index (κ3) is 5.07. The number of hydrogen-bond acceptors (Lipinski definition) is 6. The van der Waals surface area contributed by atoms with Gasteiger partial charge in [0, 0.05) is 38.3 Å². The minimum atomic E-state index is -0.635. The lowest BCUT2D eigenvalue weighted by atomic mass is 10.1. The number of ether oxygens (including phenoxy) is 1. The molecule has 1 fully saturated rings. The van der Waals surface area contributed by atoms with Gasteiger partial charge in [0.25, 0.3) is 0 Å². The van der Waals surface area contributed by atoms with Crippen molar-refractivity contribution >= 4 is 11.6 Å². The number of hydrogen-bond donors (Lipinski definition) is 1. The summed E-state index contributed by atoms with van der Waals surface area (Å²) in [5.41, 5.74) is -0.130. The van der Waals surface area contributed by atoms with Crippen LogP contribution in [0, 0.1) is 15.9 Å². The van der Waals surface area contributed by atoms with E-state index in [-0.39, 0.29) is 41.7 Å². The van der Waals surface area contributed by atoms with E-state index >= 15 is 0 Å². The summed E-state index contributed by atoms with van der Waals surface area (Å²) < 4.78 is 19.3. The average Bonchev–Trinajstić information content (AvgIpc) is 2.70. The van der Waals surface area contributed by atoms with E-state index in [1.165, 1.54) is 30.3 Å². The van der Waals surface area contributed by atoms with Crippen molar-refractivity contribution in [3.63, 3.8) is 0 Å². The highest BCUT2D eigenvalue weighted by Crippen LogP contribution is 2.35. The molecule has 0 saturated carbocycles. The lowest BCUT2D eigenvalue weighted by molar-refractivity contribution is -0.386. The van der Waals surface area contributed by atoms with E-state index in [1.54, 1.807) is 17.0 Å². The van der Waals surface area contributed by atoms with Gasteiger partial charge < -0.3 is 14.7 Å². The van der Waals surface area contributed by atoms with Crippen LogP contribution in [0.4, 0.5) is 10.1 Å². The van der Waals surface area contributed by atoms with Crippen LogP contribution in [0.2, 0.25) is 0 Å². The minimum absolute atomic E-state index is 0.0644. The second-order valence-corrected chi connectivity index (χ2v) is 6.68. The SMILES string of the molecule is O=C(Cc1cccc(Oc2ccccc2F)c1[N+](=O)[O-])N1CCN(CCO)CC1. The summed E-state index contributed by atoms with van der Waals surface area (Å²) in [7, 11) is 0. The van der Waals surface area contributed by atoms with Gasteiger partial charge in [-0.05, 0) is 18.2 Å². The van der Waals surface area contributed by atoms with Crippen LogP contribution < -0.4 is 4.74 Å². The number of carbonyl (C=O) groups excluding carboxylic acids is 1. The lowest BCUT2D eigenvalue weighted by Crippen LogP contribution is -2.49. The maximum Gasteiger partial charge on any atom is 0.315 e. The number of para-hydroxylation sites is 2. The number of aliphatic hydroxyl groups is 1. The average molecular weight is 403 g/mol. The highest BCUT2D eigenvalue weighted by Gasteiger charge is 2.27. The number of amides is 1. The number of aliphatic hydroxyl groups excluding tert-OH is 1. The molecular formula is C20H22FN3O5. The van der Waals surface area contributed by atoms with Gasteiger partial charge in [-0.3, -0.25) is 19.8 Å². The third-order valence-corrected chi connectivity index (χ3v) is 4.80. The molecule has 1 saturated heterocycles. The van der Waals surface area contributed by atoms with Crippen molar-refractivity contribution in [1.29, 1.82) is 0 Å². The molecule has 3 rings (SSSR count). The summed E-state index contributed by atoms with van der Waals surface area (Å²) in [5, 5.41) is 20.7. The summed E-state index contributed by atoms with van der Waals surface area (Å²) in [6.07, 6.45) is -0.148. The van der Waals surface area contributed by atoms with Crippen LogP contribution in [0.25, 0.3) is 0 Å². The summed E-state index contributed by atoms with van der Waals surface area (Å²) in [4.78, 5) is 27.4. The predicted molar refractivity (Wildman–Crippen MR) is 103 cm³/mol. The van der Waals surface area contributed by atoms with Gasteiger partial charge in [-0.25, -0.2) is 4.39 Å². The van der Waals surface area contributed by atoms with Gasteiger partial charge in [0.15, 0.2) is 11.6 Å². The van der Waals surface area contributed by atoms with Crippen molar-refractivity contribution in [2.75, 3.05) is 39.3 Å². The Bertz CT molecular complexity index is 884. The molecule has 9 heteroatoms. The number of nitro groups is 1. The first-order valence-corrected chi connectivity index (χ1v) is 9.29. The van der Waals surface area contributed by atoms with Gasteiger partial charge in [-0.2, -0.15) is 0 Å². The highest BCUT2D eigenvalue weighted by molar-refractivity contribution is 5.80. The Morgan fingerprint density at radius 2 is 1.79 bits per heavy atom. The Hall–Kier alpha value is -3.04. The zero-order chi connectivity index (χ0) is 20.8. The molecule has 0 atom stereocenters. The van der Waals surface area contributed by atoms with Gasteiger partial charge in [0.05, 0.1) is 18.0 Å². The number of nitro benzene ring substituents is 1. The minimum Gasteiger partial charge on any atom is -0.447 e. The molecule has 29 heavy (non-hydrogen) atoms. The molecule has 2 aromatic rings. The van der Waals surface area contributed by atoms with Crippen LogP contribution in [-0.4, -0.2) is 65.1 Å². The molecule has 8 nitrogen and oxygen atoms in total. The predicted octanol–water partition coefficient (Wildman–Crippen LogP) is 2.21. The van der Waals surface area contributed by atoms with Gasteiger partial charge in [0.1, 0.15) is 0 Å². The topological polar surface area (TPSA) is 96.1 Å². The maximum atomic E-state index is 13.9. The number of benzene rings is 2. The van der Waals surface area contributed by atoms with Crippen LogP contribution in [0.5, 0.6) is 11.5 Å². The Kier molecular flexibility index (Phi) is 6.73. The second kappa shape index (κ2) is 9.44. The number of nitrogens with zero attached hydrogens (tertiary/aromatic N) is 3. The first kappa shape index (κ1) is 20.7.